The number of benzene rings is 1. The Kier molecular flexibility index (Phi) is 8.77. The van der Waals surface area contributed by atoms with Gasteiger partial charge < -0.3 is 20.3 Å². The number of aliphatic imine (C=N–C) groups is 1. The maximum absolute atomic E-state index is 11.7. The van der Waals surface area contributed by atoms with Gasteiger partial charge in [0, 0.05) is 52.2 Å². The van der Waals surface area contributed by atoms with Crippen molar-refractivity contribution >= 4 is 11.9 Å². The second-order valence-electron chi connectivity index (χ2n) is 7.62. The van der Waals surface area contributed by atoms with Gasteiger partial charge in [-0.15, -0.1) is 0 Å². The number of hydrogen-bond donors (Lipinski definition) is 2. The lowest BCUT2D eigenvalue weighted by atomic mass is 10.1. The Morgan fingerprint density at radius 2 is 1.93 bits per heavy atom. The highest BCUT2D eigenvalue weighted by Gasteiger charge is 2.19. The molecule has 0 saturated carbocycles. The van der Waals surface area contributed by atoms with E-state index in [2.05, 4.69) is 46.7 Å². The molecular weight excluding hydrogens is 366 g/mol. The predicted molar refractivity (Wildman–Crippen MR) is 116 cm³/mol. The quantitative estimate of drug-likeness (QED) is 0.374. The van der Waals surface area contributed by atoms with Gasteiger partial charge in [-0.25, -0.2) is 4.99 Å². The lowest BCUT2D eigenvalue weighted by Gasteiger charge is -2.27. The summed E-state index contributed by atoms with van der Waals surface area (Å²) in [5, 5.41) is 6.73. The lowest BCUT2D eigenvalue weighted by molar-refractivity contribution is -0.127. The summed E-state index contributed by atoms with van der Waals surface area (Å²) in [6.07, 6.45) is 2.64. The molecule has 7 heteroatoms. The van der Waals surface area contributed by atoms with Crippen molar-refractivity contribution in [3.05, 3.63) is 35.4 Å². The molecule has 0 aromatic heterocycles. The molecule has 0 bridgehead atoms. The van der Waals surface area contributed by atoms with Gasteiger partial charge in [-0.3, -0.25) is 9.69 Å². The molecule has 0 unspecified atom stereocenters. The Labute approximate surface area is 174 Å². The normalized spacial score (nSPS) is 18.3. The van der Waals surface area contributed by atoms with E-state index >= 15 is 0 Å². The number of nitrogens with one attached hydrogen (secondary N) is 2. The van der Waals surface area contributed by atoms with E-state index in [4.69, 9.17) is 9.73 Å². The second kappa shape index (κ2) is 11.8. The van der Waals surface area contributed by atoms with E-state index in [0.29, 0.717) is 18.9 Å². The van der Waals surface area contributed by atoms with Crippen molar-refractivity contribution < 1.29 is 9.53 Å². The first-order valence-electron chi connectivity index (χ1n) is 10.9. The van der Waals surface area contributed by atoms with E-state index in [-0.39, 0.29) is 0 Å². The van der Waals surface area contributed by atoms with Crippen molar-refractivity contribution in [1.29, 1.82) is 0 Å². The molecule has 1 aromatic carbocycles. The van der Waals surface area contributed by atoms with Crippen LogP contribution in [-0.4, -0.2) is 74.1 Å². The summed E-state index contributed by atoms with van der Waals surface area (Å²) in [5.41, 5.74) is 2.60. The second-order valence-corrected chi connectivity index (χ2v) is 7.62. The number of morpholine rings is 1. The van der Waals surface area contributed by atoms with Gasteiger partial charge >= 0.3 is 0 Å². The van der Waals surface area contributed by atoms with E-state index in [1.165, 1.54) is 11.1 Å². The fourth-order valence-electron chi connectivity index (χ4n) is 3.79. The third kappa shape index (κ3) is 7.01. The van der Waals surface area contributed by atoms with Crippen LogP contribution in [0.2, 0.25) is 0 Å². The summed E-state index contributed by atoms with van der Waals surface area (Å²) >= 11 is 0. The molecule has 29 heavy (non-hydrogen) atoms. The van der Waals surface area contributed by atoms with Crippen molar-refractivity contribution in [3.63, 3.8) is 0 Å². The number of nitrogens with zero attached hydrogens (tertiary/aromatic N) is 3. The molecule has 2 heterocycles. The standard InChI is InChI=1S/C22H35N5O2/c1-2-23-22(24-10-6-12-27-11-5-9-21(27)28)25-17-19-7-3-4-8-20(19)18-26-13-15-29-16-14-26/h3-4,7-8H,2,5-6,9-18H2,1H3,(H2,23,24,25). The average molecular weight is 402 g/mol. The van der Waals surface area contributed by atoms with Gasteiger partial charge in [0.2, 0.25) is 5.91 Å². The van der Waals surface area contributed by atoms with Gasteiger partial charge in [0.15, 0.2) is 5.96 Å². The number of rotatable bonds is 9. The Morgan fingerprint density at radius 3 is 2.66 bits per heavy atom. The summed E-state index contributed by atoms with van der Waals surface area (Å²) in [5.74, 6) is 1.13. The SMILES string of the molecule is CCNC(=NCc1ccccc1CN1CCOCC1)NCCCN1CCCC1=O. The lowest BCUT2D eigenvalue weighted by Crippen LogP contribution is -2.39. The minimum absolute atomic E-state index is 0.294. The molecule has 2 aliphatic heterocycles. The van der Waals surface area contributed by atoms with Gasteiger partial charge in [-0.2, -0.15) is 0 Å². The third-order valence-corrected chi connectivity index (χ3v) is 5.44. The summed E-state index contributed by atoms with van der Waals surface area (Å²) < 4.78 is 5.46. The van der Waals surface area contributed by atoms with Crippen LogP contribution in [0, 0.1) is 0 Å². The van der Waals surface area contributed by atoms with E-state index in [1.807, 2.05) is 4.90 Å². The van der Waals surface area contributed by atoms with E-state index in [1.54, 1.807) is 0 Å². The number of hydrogen-bond acceptors (Lipinski definition) is 4. The van der Waals surface area contributed by atoms with Crippen LogP contribution >= 0.6 is 0 Å². The maximum Gasteiger partial charge on any atom is 0.222 e. The number of carbonyl (C=O) groups is 1. The smallest absolute Gasteiger partial charge is 0.222 e. The highest BCUT2D eigenvalue weighted by atomic mass is 16.5. The zero-order valence-electron chi connectivity index (χ0n) is 17.7. The van der Waals surface area contributed by atoms with Gasteiger partial charge in [0.25, 0.3) is 0 Å². The number of amides is 1. The third-order valence-electron chi connectivity index (χ3n) is 5.44. The Hall–Kier alpha value is -2.12. The molecule has 0 aliphatic carbocycles. The van der Waals surface area contributed by atoms with Crippen LogP contribution in [0.15, 0.2) is 29.3 Å². The molecule has 1 amide bonds. The van der Waals surface area contributed by atoms with Crippen molar-refractivity contribution in [3.8, 4) is 0 Å². The molecule has 7 nitrogen and oxygen atoms in total. The van der Waals surface area contributed by atoms with Crippen molar-refractivity contribution in [2.45, 2.75) is 39.3 Å². The molecule has 0 atom stereocenters. The minimum atomic E-state index is 0.294. The van der Waals surface area contributed by atoms with Crippen molar-refractivity contribution in [1.82, 2.24) is 20.4 Å². The van der Waals surface area contributed by atoms with Gasteiger partial charge in [0.05, 0.1) is 19.8 Å². The van der Waals surface area contributed by atoms with Crippen LogP contribution in [0.5, 0.6) is 0 Å². The molecule has 2 N–H and O–H groups in total. The van der Waals surface area contributed by atoms with E-state index < -0.39 is 0 Å². The number of guanidine groups is 1. The summed E-state index contributed by atoms with van der Waals surface area (Å²) in [4.78, 5) is 20.9. The first kappa shape index (κ1) is 21.6. The van der Waals surface area contributed by atoms with Crippen LogP contribution < -0.4 is 10.6 Å². The number of likely N-dealkylation sites (tertiary alicyclic amines) is 1. The van der Waals surface area contributed by atoms with Crippen LogP contribution in [0.1, 0.15) is 37.3 Å². The number of ether oxygens (including phenoxy) is 1. The fourth-order valence-corrected chi connectivity index (χ4v) is 3.79. The molecule has 2 aliphatic rings. The maximum atomic E-state index is 11.7. The molecule has 160 valence electrons. The average Bonchev–Trinajstić information content (AvgIpc) is 3.15. The zero-order valence-corrected chi connectivity index (χ0v) is 17.7. The Bertz CT molecular complexity index is 673. The first-order valence-corrected chi connectivity index (χ1v) is 10.9. The van der Waals surface area contributed by atoms with E-state index in [9.17, 15) is 4.79 Å². The van der Waals surface area contributed by atoms with Crippen molar-refractivity contribution in [2.24, 2.45) is 4.99 Å². The molecule has 1 aromatic rings. The largest absolute Gasteiger partial charge is 0.379 e. The Morgan fingerprint density at radius 1 is 1.14 bits per heavy atom. The van der Waals surface area contributed by atoms with Crippen molar-refractivity contribution in [2.75, 3.05) is 52.5 Å². The van der Waals surface area contributed by atoms with E-state index in [0.717, 1.165) is 77.8 Å². The predicted octanol–water partition coefficient (Wildman–Crippen LogP) is 1.59. The van der Waals surface area contributed by atoms with Crippen LogP contribution in [-0.2, 0) is 22.6 Å². The first-order chi connectivity index (χ1) is 14.3. The Balaban J connectivity index is 1.50. The molecule has 0 radical (unpaired) electrons. The van der Waals surface area contributed by atoms with Crippen LogP contribution in [0.4, 0.5) is 0 Å². The molecule has 2 fully saturated rings. The van der Waals surface area contributed by atoms with Crippen LogP contribution in [0.3, 0.4) is 0 Å². The topological polar surface area (TPSA) is 69.2 Å². The monoisotopic (exact) mass is 401 g/mol. The zero-order chi connectivity index (χ0) is 20.3. The van der Waals surface area contributed by atoms with Gasteiger partial charge in [-0.1, -0.05) is 24.3 Å². The molecule has 2 saturated heterocycles. The van der Waals surface area contributed by atoms with Crippen LogP contribution in [0.25, 0.3) is 0 Å². The minimum Gasteiger partial charge on any atom is -0.379 e. The summed E-state index contributed by atoms with van der Waals surface area (Å²) in [6, 6.07) is 8.56. The molecular formula is C22H35N5O2. The highest BCUT2D eigenvalue weighted by molar-refractivity contribution is 5.80. The number of carbonyl (C=O) groups excluding carboxylic acids is 1. The highest BCUT2D eigenvalue weighted by Crippen LogP contribution is 2.14. The molecule has 3 rings (SSSR count). The molecule has 0 spiro atoms. The fraction of sp³-hybridized carbons (Fsp3) is 0.636. The van der Waals surface area contributed by atoms with Gasteiger partial charge in [0.1, 0.15) is 0 Å². The summed E-state index contributed by atoms with van der Waals surface area (Å²) in [7, 11) is 0. The van der Waals surface area contributed by atoms with Gasteiger partial charge in [-0.05, 0) is 30.9 Å². The summed E-state index contributed by atoms with van der Waals surface area (Å²) in [6.45, 7) is 10.7.